The Labute approximate surface area is 93.7 Å². The largest absolute Gasteiger partial charge is 0.119 e. The molecule has 0 N–H and O–H groups in total. The molecule has 0 amide bonds. The van der Waals surface area contributed by atoms with Crippen molar-refractivity contribution in [2.45, 2.75) is 45.4 Å². The van der Waals surface area contributed by atoms with E-state index < -0.39 is 0 Å². The number of hydrogen-bond donors (Lipinski definition) is 0. The van der Waals surface area contributed by atoms with Crippen molar-refractivity contribution in [3.8, 4) is 12.3 Å². The van der Waals surface area contributed by atoms with Gasteiger partial charge < -0.3 is 0 Å². The van der Waals surface area contributed by atoms with E-state index in [9.17, 15) is 0 Å². The van der Waals surface area contributed by atoms with Crippen LogP contribution in [0.25, 0.3) is 0 Å². The highest BCUT2D eigenvalue weighted by atomic mass is 14.1. The average molecular weight is 200 g/mol. The fourth-order valence-corrected chi connectivity index (χ4v) is 1.84. The Kier molecular flexibility index (Phi) is 4.98. The predicted octanol–water partition coefficient (Wildman–Crippen LogP) is 4.16. The van der Waals surface area contributed by atoms with Crippen LogP contribution in [0.4, 0.5) is 0 Å². The van der Waals surface area contributed by atoms with E-state index in [1.54, 1.807) is 0 Å². The van der Waals surface area contributed by atoms with Crippen molar-refractivity contribution in [3.63, 3.8) is 0 Å². The molecule has 0 bridgehead atoms. The van der Waals surface area contributed by atoms with Gasteiger partial charge in [0.15, 0.2) is 0 Å². The molecule has 0 aliphatic rings. The van der Waals surface area contributed by atoms with Crippen molar-refractivity contribution in [3.05, 3.63) is 35.4 Å². The number of aryl methyl sites for hydroxylation is 1. The Hall–Kier alpha value is -1.22. The molecule has 0 saturated heterocycles. The van der Waals surface area contributed by atoms with Crippen LogP contribution >= 0.6 is 0 Å². The molecule has 0 heteroatoms. The van der Waals surface area contributed by atoms with E-state index in [-0.39, 0.29) is 0 Å². The van der Waals surface area contributed by atoms with Crippen LogP contribution in [0.15, 0.2) is 24.3 Å². The molecule has 1 aromatic rings. The third-order valence-corrected chi connectivity index (χ3v) is 2.70. The van der Waals surface area contributed by atoms with Gasteiger partial charge in [-0.1, -0.05) is 56.9 Å². The Balaban J connectivity index is 2.74. The summed E-state index contributed by atoms with van der Waals surface area (Å²) >= 11 is 0. The second-order valence-corrected chi connectivity index (χ2v) is 4.00. The van der Waals surface area contributed by atoms with Gasteiger partial charge in [-0.05, 0) is 24.0 Å². The van der Waals surface area contributed by atoms with Gasteiger partial charge in [-0.2, -0.15) is 0 Å². The zero-order chi connectivity index (χ0) is 11.1. The lowest BCUT2D eigenvalue weighted by molar-refractivity contribution is 0.734. The number of benzene rings is 1. The molecule has 15 heavy (non-hydrogen) atoms. The molecule has 0 radical (unpaired) electrons. The maximum atomic E-state index is 5.54. The summed E-state index contributed by atoms with van der Waals surface area (Å²) in [6, 6.07) is 8.79. The summed E-state index contributed by atoms with van der Waals surface area (Å²) in [5, 5.41) is 0. The second kappa shape index (κ2) is 6.30. The SMILES string of the molecule is C#CC(CCC)c1ccc(CCC)cc1. The molecule has 0 aliphatic heterocycles. The zero-order valence-electron chi connectivity index (χ0n) is 9.79. The van der Waals surface area contributed by atoms with Gasteiger partial charge in [0.25, 0.3) is 0 Å². The first-order valence-electron chi connectivity index (χ1n) is 5.86. The minimum absolute atomic E-state index is 0.297. The summed E-state index contributed by atoms with van der Waals surface area (Å²) in [4.78, 5) is 0. The summed E-state index contributed by atoms with van der Waals surface area (Å²) in [5.74, 6) is 3.17. The first-order valence-corrected chi connectivity index (χ1v) is 5.86. The molecule has 80 valence electrons. The molecule has 0 aromatic heterocycles. The van der Waals surface area contributed by atoms with Gasteiger partial charge in [-0.25, -0.2) is 0 Å². The van der Waals surface area contributed by atoms with E-state index in [0.29, 0.717) is 5.92 Å². The van der Waals surface area contributed by atoms with Gasteiger partial charge in [0.1, 0.15) is 0 Å². The summed E-state index contributed by atoms with van der Waals surface area (Å²) in [6.45, 7) is 4.38. The Bertz CT molecular complexity index is 313. The van der Waals surface area contributed by atoms with Crippen molar-refractivity contribution in [1.29, 1.82) is 0 Å². The molecule has 1 unspecified atom stereocenters. The van der Waals surface area contributed by atoms with Gasteiger partial charge in [-0.3, -0.25) is 0 Å². The van der Waals surface area contributed by atoms with Crippen LogP contribution in [0.3, 0.4) is 0 Å². The molecule has 0 saturated carbocycles. The highest BCUT2D eigenvalue weighted by molar-refractivity contribution is 5.29. The fraction of sp³-hybridized carbons (Fsp3) is 0.467. The molecule has 0 spiro atoms. The van der Waals surface area contributed by atoms with Crippen molar-refractivity contribution in [2.24, 2.45) is 0 Å². The summed E-state index contributed by atoms with van der Waals surface area (Å²) in [5.41, 5.74) is 2.70. The van der Waals surface area contributed by atoms with Crippen LogP contribution < -0.4 is 0 Å². The van der Waals surface area contributed by atoms with E-state index in [1.807, 2.05) is 0 Å². The lowest BCUT2D eigenvalue weighted by Gasteiger charge is -2.10. The summed E-state index contributed by atoms with van der Waals surface area (Å²) in [6.07, 6.45) is 10.1. The monoisotopic (exact) mass is 200 g/mol. The van der Waals surface area contributed by atoms with E-state index in [1.165, 1.54) is 17.5 Å². The molecule has 0 aliphatic carbocycles. The third-order valence-electron chi connectivity index (χ3n) is 2.70. The number of hydrogen-bond acceptors (Lipinski definition) is 0. The maximum absolute atomic E-state index is 5.54. The first-order chi connectivity index (χ1) is 7.31. The fourth-order valence-electron chi connectivity index (χ4n) is 1.84. The molecule has 0 nitrogen and oxygen atoms in total. The van der Waals surface area contributed by atoms with Crippen LogP contribution in [0, 0.1) is 12.3 Å². The average Bonchev–Trinajstić information content (AvgIpc) is 2.28. The molecule has 0 fully saturated rings. The van der Waals surface area contributed by atoms with Crippen molar-refractivity contribution >= 4 is 0 Å². The maximum Gasteiger partial charge on any atom is 0.0449 e. The van der Waals surface area contributed by atoms with Crippen LogP contribution in [0.2, 0.25) is 0 Å². The first kappa shape index (κ1) is 11.9. The molecule has 1 rings (SSSR count). The second-order valence-electron chi connectivity index (χ2n) is 4.00. The Morgan fingerprint density at radius 1 is 1.13 bits per heavy atom. The predicted molar refractivity (Wildman–Crippen MR) is 66.9 cm³/mol. The van der Waals surface area contributed by atoms with Gasteiger partial charge in [-0.15, -0.1) is 6.42 Å². The summed E-state index contributed by atoms with van der Waals surface area (Å²) < 4.78 is 0. The minimum Gasteiger partial charge on any atom is -0.119 e. The topological polar surface area (TPSA) is 0 Å². The molecule has 1 atom stereocenters. The minimum atomic E-state index is 0.297. The molecular weight excluding hydrogens is 180 g/mol. The number of rotatable bonds is 5. The highest BCUT2D eigenvalue weighted by Gasteiger charge is 2.06. The highest BCUT2D eigenvalue weighted by Crippen LogP contribution is 2.20. The van der Waals surface area contributed by atoms with Crippen LogP contribution in [0.5, 0.6) is 0 Å². The van der Waals surface area contributed by atoms with Crippen molar-refractivity contribution in [1.82, 2.24) is 0 Å². The van der Waals surface area contributed by atoms with Crippen LogP contribution in [0.1, 0.15) is 50.2 Å². The Morgan fingerprint density at radius 2 is 1.80 bits per heavy atom. The van der Waals surface area contributed by atoms with E-state index in [4.69, 9.17) is 6.42 Å². The molecular formula is C15H20. The van der Waals surface area contributed by atoms with E-state index in [0.717, 1.165) is 19.3 Å². The number of terminal acetylenes is 1. The van der Waals surface area contributed by atoms with Crippen molar-refractivity contribution < 1.29 is 0 Å². The Morgan fingerprint density at radius 3 is 2.27 bits per heavy atom. The lowest BCUT2D eigenvalue weighted by atomic mass is 9.94. The van der Waals surface area contributed by atoms with Gasteiger partial charge >= 0.3 is 0 Å². The normalized spacial score (nSPS) is 12.1. The zero-order valence-corrected chi connectivity index (χ0v) is 9.79. The van der Waals surface area contributed by atoms with Gasteiger partial charge in [0, 0.05) is 5.92 Å². The standard InChI is InChI=1S/C15H20/c1-4-7-13-9-11-15(12-10-13)14(6-3)8-5-2/h3,9-12,14H,4-5,7-8H2,1-2H3. The van der Waals surface area contributed by atoms with E-state index >= 15 is 0 Å². The summed E-state index contributed by atoms with van der Waals surface area (Å²) in [7, 11) is 0. The lowest BCUT2D eigenvalue weighted by Crippen LogP contribution is -1.95. The molecule has 1 aromatic carbocycles. The quantitative estimate of drug-likeness (QED) is 0.626. The smallest absolute Gasteiger partial charge is 0.0449 e. The van der Waals surface area contributed by atoms with E-state index in [2.05, 4.69) is 44.0 Å². The van der Waals surface area contributed by atoms with Crippen LogP contribution in [-0.4, -0.2) is 0 Å². The third kappa shape index (κ3) is 3.44. The molecule has 0 heterocycles. The van der Waals surface area contributed by atoms with Gasteiger partial charge in [0.2, 0.25) is 0 Å². The van der Waals surface area contributed by atoms with Crippen molar-refractivity contribution in [2.75, 3.05) is 0 Å². The van der Waals surface area contributed by atoms with Gasteiger partial charge in [0.05, 0.1) is 0 Å². The van der Waals surface area contributed by atoms with Crippen LogP contribution in [-0.2, 0) is 6.42 Å².